The minimum Gasteiger partial charge on any atom is -0.486 e. The molecule has 14 heavy (non-hydrogen) atoms. The summed E-state index contributed by atoms with van der Waals surface area (Å²) in [5.74, 6) is 0.521. The second kappa shape index (κ2) is 3.44. The molecule has 1 aliphatic rings. The van der Waals surface area contributed by atoms with Crippen molar-refractivity contribution in [3.05, 3.63) is 10.3 Å². The summed E-state index contributed by atoms with van der Waals surface area (Å²) in [5, 5.41) is 7.99. The SMILES string of the molecule is CC1COc2c(Cl)nnc(Cl)c2N1C. The summed E-state index contributed by atoms with van der Waals surface area (Å²) in [6, 6.07) is 0.250. The lowest BCUT2D eigenvalue weighted by Gasteiger charge is -2.33. The molecule has 0 N–H and O–H groups in total. The third kappa shape index (κ3) is 1.38. The standard InChI is InChI=1S/C8H9Cl2N3O/c1-4-3-14-6-5(13(4)2)7(9)11-12-8(6)10/h4H,3H2,1-2H3. The molecule has 1 unspecified atom stereocenters. The van der Waals surface area contributed by atoms with Crippen LogP contribution in [0.5, 0.6) is 5.75 Å². The quantitative estimate of drug-likeness (QED) is 0.688. The summed E-state index contributed by atoms with van der Waals surface area (Å²) >= 11 is 11.8. The van der Waals surface area contributed by atoms with Gasteiger partial charge in [-0.05, 0) is 6.92 Å². The van der Waals surface area contributed by atoms with Crippen LogP contribution in [0, 0.1) is 0 Å². The number of rotatable bonds is 0. The number of hydrogen-bond donors (Lipinski definition) is 0. The highest BCUT2D eigenvalue weighted by atomic mass is 35.5. The first-order chi connectivity index (χ1) is 6.61. The van der Waals surface area contributed by atoms with Gasteiger partial charge in [-0.25, -0.2) is 0 Å². The maximum absolute atomic E-state index is 5.92. The van der Waals surface area contributed by atoms with Crippen molar-refractivity contribution in [3.63, 3.8) is 0 Å². The second-order valence-corrected chi connectivity index (χ2v) is 3.95. The normalized spacial score (nSPS) is 20.3. The highest BCUT2D eigenvalue weighted by Gasteiger charge is 2.27. The molecule has 1 aromatic rings. The van der Waals surface area contributed by atoms with Gasteiger partial charge in [-0.3, -0.25) is 0 Å². The van der Waals surface area contributed by atoms with E-state index in [1.807, 2.05) is 18.9 Å². The Labute approximate surface area is 91.8 Å². The van der Waals surface area contributed by atoms with Crippen LogP contribution < -0.4 is 9.64 Å². The van der Waals surface area contributed by atoms with Crippen molar-refractivity contribution in [1.29, 1.82) is 0 Å². The van der Waals surface area contributed by atoms with Gasteiger partial charge in [0.05, 0.1) is 6.04 Å². The van der Waals surface area contributed by atoms with Gasteiger partial charge in [0, 0.05) is 7.05 Å². The summed E-state index contributed by atoms with van der Waals surface area (Å²) in [6.45, 7) is 2.61. The molecular weight excluding hydrogens is 225 g/mol. The molecule has 0 spiro atoms. The Bertz CT molecular complexity index is 372. The zero-order valence-corrected chi connectivity index (χ0v) is 9.30. The van der Waals surface area contributed by atoms with Gasteiger partial charge in [0.1, 0.15) is 12.3 Å². The summed E-state index contributed by atoms with van der Waals surface area (Å²) in [5.41, 5.74) is 0.713. The monoisotopic (exact) mass is 233 g/mol. The number of ether oxygens (including phenoxy) is 1. The maximum Gasteiger partial charge on any atom is 0.195 e. The van der Waals surface area contributed by atoms with E-state index in [0.717, 1.165) is 0 Å². The molecule has 0 fully saturated rings. The molecule has 1 aromatic heterocycles. The lowest BCUT2D eigenvalue weighted by Crippen LogP contribution is -2.38. The average Bonchev–Trinajstić information content (AvgIpc) is 2.16. The highest BCUT2D eigenvalue weighted by molar-refractivity contribution is 6.34. The van der Waals surface area contributed by atoms with Gasteiger partial charge in [-0.2, -0.15) is 0 Å². The van der Waals surface area contributed by atoms with E-state index < -0.39 is 0 Å². The summed E-state index contributed by atoms with van der Waals surface area (Å²) in [7, 11) is 1.93. The van der Waals surface area contributed by atoms with Crippen molar-refractivity contribution >= 4 is 28.9 Å². The Kier molecular flexibility index (Phi) is 2.41. The number of anilines is 1. The van der Waals surface area contributed by atoms with Gasteiger partial charge < -0.3 is 9.64 Å². The molecule has 76 valence electrons. The highest BCUT2D eigenvalue weighted by Crippen LogP contribution is 2.41. The van der Waals surface area contributed by atoms with Crippen molar-refractivity contribution in [2.75, 3.05) is 18.6 Å². The van der Waals surface area contributed by atoms with Gasteiger partial charge in [0.25, 0.3) is 0 Å². The van der Waals surface area contributed by atoms with Crippen LogP contribution in [0.2, 0.25) is 10.3 Å². The average molecular weight is 234 g/mol. The Morgan fingerprint density at radius 1 is 1.36 bits per heavy atom. The molecule has 0 bridgehead atoms. The van der Waals surface area contributed by atoms with Crippen LogP contribution in [0.1, 0.15) is 6.92 Å². The minimum atomic E-state index is 0.250. The lowest BCUT2D eigenvalue weighted by atomic mass is 10.2. The van der Waals surface area contributed by atoms with E-state index in [0.29, 0.717) is 23.2 Å². The van der Waals surface area contributed by atoms with Crippen molar-refractivity contribution in [2.24, 2.45) is 0 Å². The summed E-state index contributed by atoms with van der Waals surface area (Å²) < 4.78 is 5.46. The van der Waals surface area contributed by atoms with E-state index >= 15 is 0 Å². The van der Waals surface area contributed by atoms with Gasteiger partial charge >= 0.3 is 0 Å². The van der Waals surface area contributed by atoms with Crippen molar-refractivity contribution in [2.45, 2.75) is 13.0 Å². The molecule has 0 saturated carbocycles. The Balaban J connectivity index is 2.58. The van der Waals surface area contributed by atoms with E-state index in [4.69, 9.17) is 27.9 Å². The molecule has 4 nitrogen and oxygen atoms in total. The lowest BCUT2D eigenvalue weighted by molar-refractivity contribution is 0.273. The Morgan fingerprint density at radius 2 is 2.00 bits per heavy atom. The number of likely N-dealkylation sites (N-methyl/N-ethyl adjacent to an activating group) is 1. The van der Waals surface area contributed by atoms with Crippen molar-refractivity contribution in [1.82, 2.24) is 10.2 Å². The fourth-order valence-electron chi connectivity index (χ4n) is 1.34. The molecule has 0 amide bonds. The molecular formula is C8H9Cl2N3O. The maximum atomic E-state index is 5.92. The first-order valence-electron chi connectivity index (χ1n) is 4.18. The topological polar surface area (TPSA) is 38.3 Å². The zero-order chi connectivity index (χ0) is 10.3. The van der Waals surface area contributed by atoms with Crippen LogP contribution in [-0.4, -0.2) is 29.9 Å². The van der Waals surface area contributed by atoms with Crippen LogP contribution in [-0.2, 0) is 0 Å². The molecule has 6 heteroatoms. The number of halogens is 2. The Hall–Kier alpha value is -0.740. The second-order valence-electron chi connectivity index (χ2n) is 3.23. The third-order valence-electron chi connectivity index (χ3n) is 2.31. The largest absolute Gasteiger partial charge is 0.486 e. The van der Waals surface area contributed by atoms with E-state index in [1.165, 1.54) is 0 Å². The Morgan fingerprint density at radius 3 is 2.71 bits per heavy atom. The van der Waals surface area contributed by atoms with E-state index in [9.17, 15) is 0 Å². The van der Waals surface area contributed by atoms with Crippen LogP contribution in [0.3, 0.4) is 0 Å². The minimum absolute atomic E-state index is 0.250. The van der Waals surface area contributed by atoms with Crippen LogP contribution in [0.25, 0.3) is 0 Å². The number of nitrogens with zero attached hydrogens (tertiary/aromatic N) is 3. The smallest absolute Gasteiger partial charge is 0.195 e. The third-order valence-corrected chi connectivity index (χ3v) is 2.81. The molecule has 0 aliphatic carbocycles. The molecule has 2 heterocycles. The number of aromatic nitrogens is 2. The van der Waals surface area contributed by atoms with Crippen molar-refractivity contribution in [3.8, 4) is 5.75 Å². The fourth-order valence-corrected chi connectivity index (χ4v) is 1.78. The molecule has 1 aliphatic heterocycles. The van der Waals surface area contributed by atoms with Crippen molar-refractivity contribution < 1.29 is 4.74 Å². The van der Waals surface area contributed by atoms with E-state index in [1.54, 1.807) is 0 Å². The van der Waals surface area contributed by atoms with Gasteiger partial charge in [0.15, 0.2) is 16.1 Å². The molecule has 0 aromatic carbocycles. The van der Waals surface area contributed by atoms with Gasteiger partial charge in [0.2, 0.25) is 0 Å². The van der Waals surface area contributed by atoms with E-state index in [-0.39, 0.29) is 11.2 Å². The fraction of sp³-hybridized carbons (Fsp3) is 0.500. The number of fused-ring (bicyclic) bond motifs is 1. The molecule has 0 radical (unpaired) electrons. The molecule has 2 rings (SSSR count). The zero-order valence-electron chi connectivity index (χ0n) is 7.79. The first kappa shape index (κ1) is 9.80. The number of hydrogen-bond acceptors (Lipinski definition) is 4. The summed E-state index contributed by atoms with van der Waals surface area (Å²) in [6.07, 6.45) is 0. The van der Waals surface area contributed by atoms with E-state index in [2.05, 4.69) is 10.2 Å². The predicted molar refractivity (Wildman–Crippen MR) is 55.4 cm³/mol. The summed E-state index contributed by atoms with van der Waals surface area (Å²) in [4.78, 5) is 1.99. The first-order valence-corrected chi connectivity index (χ1v) is 4.94. The molecule has 1 atom stereocenters. The molecule has 0 saturated heterocycles. The van der Waals surface area contributed by atoms with Gasteiger partial charge in [-0.1, -0.05) is 23.2 Å². The van der Waals surface area contributed by atoms with Crippen LogP contribution in [0.4, 0.5) is 5.69 Å². The van der Waals surface area contributed by atoms with Gasteiger partial charge in [-0.15, -0.1) is 10.2 Å². The predicted octanol–water partition coefficient (Wildman–Crippen LogP) is 2.00. The van der Waals surface area contributed by atoms with Crippen LogP contribution in [0.15, 0.2) is 0 Å². The van der Waals surface area contributed by atoms with Crippen LogP contribution >= 0.6 is 23.2 Å².